The van der Waals surface area contributed by atoms with Gasteiger partial charge in [-0.15, -0.1) is 0 Å². The van der Waals surface area contributed by atoms with E-state index in [0.29, 0.717) is 12.3 Å². The summed E-state index contributed by atoms with van der Waals surface area (Å²) in [5.74, 6) is 0.384. The van der Waals surface area contributed by atoms with E-state index >= 15 is 0 Å². The number of benzene rings is 1. The Bertz CT molecular complexity index is 730. The van der Waals surface area contributed by atoms with Gasteiger partial charge in [0.05, 0.1) is 0 Å². The van der Waals surface area contributed by atoms with Crippen molar-refractivity contribution in [1.82, 2.24) is 9.88 Å². The summed E-state index contributed by atoms with van der Waals surface area (Å²) in [6.07, 6.45) is 10.8. The number of pyridine rings is 1. The molecule has 0 spiro atoms. The zero-order valence-corrected chi connectivity index (χ0v) is 14.3. The number of aromatic nitrogens is 1. The van der Waals surface area contributed by atoms with E-state index in [0.717, 1.165) is 37.9 Å². The first kappa shape index (κ1) is 17.3. The molecule has 1 amide bonds. The van der Waals surface area contributed by atoms with Crippen molar-refractivity contribution in [1.29, 1.82) is 0 Å². The molecule has 1 atom stereocenters. The summed E-state index contributed by atoms with van der Waals surface area (Å²) in [7, 11) is 0. The number of carbonyl (C=O) groups is 1. The third-order valence-electron chi connectivity index (χ3n) is 4.71. The monoisotopic (exact) mass is 338 g/mol. The molecule has 2 aromatic rings. The van der Waals surface area contributed by atoms with Crippen LogP contribution in [0.25, 0.3) is 6.08 Å². The zero-order chi connectivity index (χ0) is 17.5. The predicted molar refractivity (Wildman–Crippen MR) is 97.5 cm³/mol. The van der Waals surface area contributed by atoms with Gasteiger partial charge in [0.2, 0.25) is 5.91 Å². The molecule has 1 aliphatic rings. The van der Waals surface area contributed by atoms with Crippen molar-refractivity contribution in [3.8, 4) is 0 Å². The fourth-order valence-corrected chi connectivity index (χ4v) is 3.35. The van der Waals surface area contributed by atoms with Crippen LogP contribution in [0.3, 0.4) is 0 Å². The average molecular weight is 338 g/mol. The van der Waals surface area contributed by atoms with E-state index in [-0.39, 0.29) is 11.7 Å². The van der Waals surface area contributed by atoms with Gasteiger partial charge in [0.15, 0.2) is 0 Å². The van der Waals surface area contributed by atoms with Crippen LogP contribution in [0.5, 0.6) is 0 Å². The molecule has 2 heterocycles. The Hall–Kier alpha value is -2.49. The zero-order valence-electron chi connectivity index (χ0n) is 14.3. The molecule has 0 N–H and O–H groups in total. The summed E-state index contributed by atoms with van der Waals surface area (Å²) < 4.78 is 13.2. The molecule has 1 aromatic carbocycles. The van der Waals surface area contributed by atoms with Crippen LogP contribution >= 0.6 is 0 Å². The lowest BCUT2D eigenvalue weighted by Crippen LogP contribution is -2.31. The van der Waals surface area contributed by atoms with Gasteiger partial charge < -0.3 is 4.90 Å². The normalized spacial score (nSPS) is 18.3. The quantitative estimate of drug-likeness (QED) is 0.827. The van der Waals surface area contributed by atoms with Crippen LogP contribution in [0.4, 0.5) is 4.39 Å². The van der Waals surface area contributed by atoms with E-state index in [1.807, 2.05) is 29.4 Å². The number of halogens is 1. The molecule has 1 unspecified atom stereocenters. The molecule has 3 nitrogen and oxygen atoms in total. The lowest BCUT2D eigenvalue weighted by molar-refractivity contribution is -0.130. The molecule has 1 aromatic heterocycles. The molecule has 0 bridgehead atoms. The minimum absolute atomic E-state index is 0.142. The topological polar surface area (TPSA) is 33.2 Å². The number of rotatable bonds is 4. The summed E-state index contributed by atoms with van der Waals surface area (Å²) in [4.78, 5) is 18.5. The van der Waals surface area contributed by atoms with E-state index < -0.39 is 0 Å². The molecule has 1 aliphatic heterocycles. The van der Waals surface area contributed by atoms with E-state index in [9.17, 15) is 9.18 Å². The van der Waals surface area contributed by atoms with Crippen molar-refractivity contribution >= 4 is 12.0 Å². The summed E-state index contributed by atoms with van der Waals surface area (Å²) >= 11 is 0. The van der Waals surface area contributed by atoms with Crippen molar-refractivity contribution in [3.63, 3.8) is 0 Å². The van der Waals surface area contributed by atoms with Crippen LogP contribution in [-0.4, -0.2) is 28.9 Å². The Labute approximate surface area is 148 Å². The SMILES string of the molecule is O=C(C/C=C/c1cccc(F)c1)N1CCCC(c2ccncc2)CC1. The highest BCUT2D eigenvalue weighted by Crippen LogP contribution is 2.27. The fraction of sp³-hybridized carbons (Fsp3) is 0.333. The van der Waals surface area contributed by atoms with Crippen molar-refractivity contribution in [2.75, 3.05) is 13.1 Å². The smallest absolute Gasteiger partial charge is 0.226 e. The Kier molecular flexibility index (Phi) is 5.94. The highest BCUT2D eigenvalue weighted by molar-refractivity contribution is 5.78. The molecule has 0 aliphatic carbocycles. The molecule has 1 saturated heterocycles. The van der Waals surface area contributed by atoms with E-state index in [2.05, 4.69) is 17.1 Å². The molecule has 130 valence electrons. The number of amides is 1. The fourth-order valence-electron chi connectivity index (χ4n) is 3.35. The predicted octanol–water partition coefficient (Wildman–Crippen LogP) is 4.42. The van der Waals surface area contributed by atoms with Crippen LogP contribution in [0.1, 0.15) is 42.7 Å². The molecule has 25 heavy (non-hydrogen) atoms. The van der Waals surface area contributed by atoms with E-state index in [4.69, 9.17) is 0 Å². The van der Waals surface area contributed by atoms with Crippen LogP contribution < -0.4 is 0 Å². The van der Waals surface area contributed by atoms with Gasteiger partial charge in [-0.25, -0.2) is 4.39 Å². The van der Waals surface area contributed by atoms with Crippen LogP contribution in [0.2, 0.25) is 0 Å². The van der Waals surface area contributed by atoms with Crippen molar-refractivity contribution in [2.45, 2.75) is 31.6 Å². The van der Waals surface area contributed by atoms with Crippen molar-refractivity contribution in [2.24, 2.45) is 0 Å². The summed E-state index contributed by atoms with van der Waals surface area (Å²) in [5, 5.41) is 0. The molecular formula is C21H23FN2O. The number of hydrogen-bond acceptors (Lipinski definition) is 2. The summed E-state index contributed by atoms with van der Waals surface area (Å²) in [6.45, 7) is 1.61. The lowest BCUT2D eigenvalue weighted by atomic mass is 9.93. The Balaban J connectivity index is 1.53. The lowest BCUT2D eigenvalue weighted by Gasteiger charge is -2.20. The van der Waals surface area contributed by atoms with Gasteiger partial charge in [-0.3, -0.25) is 9.78 Å². The maximum absolute atomic E-state index is 13.2. The molecular weight excluding hydrogens is 315 g/mol. The summed E-state index contributed by atoms with van der Waals surface area (Å²) in [6, 6.07) is 10.5. The van der Waals surface area contributed by atoms with Gasteiger partial charge in [-0.2, -0.15) is 0 Å². The minimum Gasteiger partial charge on any atom is -0.342 e. The Morgan fingerprint density at radius 1 is 1.20 bits per heavy atom. The number of nitrogens with zero attached hydrogens (tertiary/aromatic N) is 2. The van der Waals surface area contributed by atoms with E-state index in [1.165, 1.54) is 17.7 Å². The number of carbonyl (C=O) groups excluding carboxylic acids is 1. The third kappa shape index (κ3) is 4.99. The van der Waals surface area contributed by atoms with Gasteiger partial charge in [0.25, 0.3) is 0 Å². The van der Waals surface area contributed by atoms with Crippen LogP contribution in [0.15, 0.2) is 54.9 Å². The third-order valence-corrected chi connectivity index (χ3v) is 4.71. The highest BCUT2D eigenvalue weighted by Gasteiger charge is 2.20. The first-order chi connectivity index (χ1) is 12.2. The highest BCUT2D eigenvalue weighted by atomic mass is 19.1. The number of likely N-dealkylation sites (tertiary alicyclic amines) is 1. The average Bonchev–Trinajstić information content (AvgIpc) is 2.89. The second-order valence-electron chi connectivity index (χ2n) is 6.45. The van der Waals surface area contributed by atoms with Crippen molar-refractivity contribution < 1.29 is 9.18 Å². The first-order valence-electron chi connectivity index (χ1n) is 8.82. The van der Waals surface area contributed by atoms with Crippen molar-refractivity contribution in [3.05, 3.63) is 71.8 Å². The largest absolute Gasteiger partial charge is 0.342 e. The molecule has 0 radical (unpaired) electrons. The van der Waals surface area contributed by atoms with Gasteiger partial charge >= 0.3 is 0 Å². The molecule has 0 saturated carbocycles. The Morgan fingerprint density at radius 2 is 2.04 bits per heavy atom. The first-order valence-corrected chi connectivity index (χ1v) is 8.82. The van der Waals surface area contributed by atoms with Gasteiger partial charge in [0, 0.05) is 31.9 Å². The molecule has 3 rings (SSSR count). The van der Waals surface area contributed by atoms with Gasteiger partial charge in [-0.05, 0) is 60.6 Å². The standard InChI is InChI=1S/C21H23FN2O/c22-20-7-1-4-17(16-20)5-2-8-21(25)24-14-3-6-18(11-15-24)19-9-12-23-13-10-19/h1-2,4-5,7,9-10,12-13,16,18H,3,6,8,11,14-15H2/b5-2+. The second kappa shape index (κ2) is 8.56. The summed E-state index contributed by atoms with van der Waals surface area (Å²) in [5.41, 5.74) is 2.09. The molecule has 4 heteroatoms. The molecule has 1 fully saturated rings. The van der Waals surface area contributed by atoms with E-state index in [1.54, 1.807) is 12.1 Å². The van der Waals surface area contributed by atoms with Crippen LogP contribution in [-0.2, 0) is 4.79 Å². The van der Waals surface area contributed by atoms with Crippen LogP contribution in [0, 0.1) is 5.82 Å². The maximum Gasteiger partial charge on any atom is 0.226 e. The van der Waals surface area contributed by atoms with Gasteiger partial charge in [-0.1, -0.05) is 24.3 Å². The number of hydrogen-bond donors (Lipinski definition) is 0. The maximum atomic E-state index is 13.2. The minimum atomic E-state index is -0.261. The van der Waals surface area contributed by atoms with Gasteiger partial charge in [0.1, 0.15) is 5.82 Å². The Morgan fingerprint density at radius 3 is 2.84 bits per heavy atom. The second-order valence-corrected chi connectivity index (χ2v) is 6.45.